The lowest BCUT2D eigenvalue weighted by molar-refractivity contribution is -0.0510. The fraction of sp³-hybridized carbons (Fsp3) is 0.615. The zero-order valence-electron chi connectivity index (χ0n) is 10.2. The number of halogens is 1. The van der Waals surface area contributed by atoms with Crippen molar-refractivity contribution in [1.82, 2.24) is 9.88 Å². The van der Waals surface area contributed by atoms with Crippen molar-refractivity contribution in [3.05, 3.63) is 23.4 Å². The summed E-state index contributed by atoms with van der Waals surface area (Å²) in [4.78, 5) is 6.60. The van der Waals surface area contributed by atoms with Gasteiger partial charge in [-0.25, -0.2) is 4.98 Å². The Hall–Kier alpha value is -0.840. The van der Waals surface area contributed by atoms with Crippen molar-refractivity contribution < 1.29 is 9.47 Å². The second-order valence-electron chi connectivity index (χ2n) is 4.82. The van der Waals surface area contributed by atoms with Gasteiger partial charge in [0.2, 0.25) is 5.88 Å². The Labute approximate surface area is 112 Å². The average molecular weight is 269 g/mol. The fourth-order valence-electron chi connectivity index (χ4n) is 2.26. The SMILES string of the molecule is Clc1cccnc1OC[C@@H]1CN(C2CC2)CCO1. The maximum Gasteiger partial charge on any atom is 0.232 e. The number of hydrogen-bond donors (Lipinski definition) is 0. The molecule has 98 valence electrons. The Morgan fingerprint density at radius 2 is 2.39 bits per heavy atom. The Bertz CT molecular complexity index is 412. The lowest BCUT2D eigenvalue weighted by Crippen LogP contribution is -2.45. The van der Waals surface area contributed by atoms with Crippen LogP contribution in [0.15, 0.2) is 18.3 Å². The molecule has 0 amide bonds. The molecule has 2 heterocycles. The minimum Gasteiger partial charge on any atom is -0.474 e. The van der Waals surface area contributed by atoms with Gasteiger partial charge >= 0.3 is 0 Å². The van der Waals surface area contributed by atoms with Crippen molar-refractivity contribution >= 4 is 11.6 Å². The van der Waals surface area contributed by atoms with Crippen molar-refractivity contribution in [1.29, 1.82) is 0 Å². The van der Waals surface area contributed by atoms with Crippen LogP contribution < -0.4 is 4.74 Å². The number of pyridine rings is 1. The third kappa shape index (κ3) is 2.94. The maximum absolute atomic E-state index is 5.99. The van der Waals surface area contributed by atoms with E-state index in [2.05, 4.69) is 9.88 Å². The molecule has 1 saturated carbocycles. The van der Waals surface area contributed by atoms with Crippen LogP contribution in [-0.4, -0.2) is 48.3 Å². The molecule has 0 aromatic carbocycles. The summed E-state index contributed by atoms with van der Waals surface area (Å²) in [5.74, 6) is 0.492. The van der Waals surface area contributed by atoms with Gasteiger partial charge in [0.15, 0.2) is 0 Å². The predicted octanol–water partition coefficient (Wildman–Crippen LogP) is 1.98. The molecule has 0 radical (unpaired) electrons. The first-order chi connectivity index (χ1) is 8.83. The monoisotopic (exact) mass is 268 g/mol. The summed E-state index contributed by atoms with van der Waals surface area (Å²) >= 11 is 5.99. The van der Waals surface area contributed by atoms with E-state index in [-0.39, 0.29) is 6.10 Å². The fourth-order valence-corrected chi connectivity index (χ4v) is 2.44. The van der Waals surface area contributed by atoms with Crippen LogP contribution in [0.5, 0.6) is 5.88 Å². The summed E-state index contributed by atoms with van der Waals surface area (Å²) in [7, 11) is 0. The van der Waals surface area contributed by atoms with Gasteiger partial charge in [-0.1, -0.05) is 11.6 Å². The topological polar surface area (TPSA) is 34.6 Å². The minimum atomic E-state index is 0.123. The van der Waals surface area contributed by atoms with Crippen LogP contribution in [0.1, 0.15) is 12.8 Å². The van der Waals surface area contributed by atoms with E-state index in [0.29, 0.717) is 17.5 Å². The molecule has 4 nitrogen and oxygen atoms in total. The first-order valence-corrected chi connectivity index (χ1v) is 6.79. The third-order valence-electron chi connectivity index (χ3n) is 3.36. The van der Waals surface area contributed by atoms with Crippen molar-refractivity contribution in [2.24, 2.45) is 0 Å². The van der Waals surface area contributed by atoms with E-state index in [0.717, 1.165) is 25.7 Å². The lowest BCUT2D eigenvalue weighted by atomic mass is 10.3. The van der Waals surface area contributed by atoms with Crippen molar-refractivity contribution in [3.8, 4) is 5.88 Å². The van der Waals surface area contributed by atoms with E-state index in [1.165, 1.54) is 12.8 Å². The van der Waals surface area contributed by atoms with E-state index in [1.54, 1.807) is 18.3 Å². The van der Waals surface area contributed by atoms with Gasteiger partial charge in [0.25, 0.3) is 0 Å². The molecule has 3 rings (SSSR count). The summed E-state index contributed by atoms with van der Waals surface area (Å²) in [6, 6.07) is 4.36. The van der Waals surface area contributed by atoms with Gasteiger partial charge in [0.1, 0.15) is 17.7 Å². The van der Waals surface area contributed by atoms with Crippen LogP contribution in [0, 0.1) is 0 Å². The van der Waals surface area contributed by atoms with Crippen molar-refractivity contribution in [2.45, 2.75) is 25.0 Å². The largest absolute Gasteiger partial charge is 0.474 e. The summed E-state index contributed by atoms with van der Waals surface area (Å²) in [5, 5.41) is 0.548. The molecule has 1 aromatic rings. The zero-order valence-corrected chi connectivity index (χ0v) is 11.0. The average Bonchev–Trinajstić information content (AvgIpc) is 3.23. The molecule has 0 spiro atoms. The van der Waals surface area contributed by atoms with Gasteiger partial charge in [-0.15, -0.1) is 0 Å². The molecule has 5 heteroatoms. The Balaban J connectivity index is 1.52. The maximum atomic E-state index is 5.99. The summed E-state index contributed by atoms with van der Waals surface area (Å²) < 4.78 is 11.3. The van der Waals surface area contributed by atoms with Crippen LogP contribution >= 0.6 is 11.6 Å². The second-order valence-corrected chi connectivity index (χ2v) is 5.23. The molecule has 1 aliphatic heterocycles. The van der Waals surface area contributed by atoms with Gasteiger partial charge in [-0.3, -0.25) is 4.90 Å². The zero-order chi connectivity index (χ0) is 12.4. The highest BCUT2D eigenvalue weighted by Crippen LogP contribution is 2.28. The van der Waals surface area contributed by atoms with E-state index >= 15 is 0 Å². The highest BCUT2D eigenvalue weighted by Gasteiger charge is 2.33. The van der Waals surface area contributed by atoms with Crippen molar-refractivity contribution in [3.63, 3.8) is 0 Å². The van der Waals surface area contributed by atoms with E-state index < -0.39 is 0 Å². The molecular weight excluding hydrogens is 252 g/mol. The van der Waals surface area contributed by atoms with Crippen molar-refractivity contribution in [2.75, 3.05) is 26.3 Å². The molecule has 2 fully saturated rings. The number of rotatable bonds is 4. The Morgan fingerprint density at radius 1 is 1.50 bits per heavy atom. The number of aromatic nitrogens is 1. The summed E-state index contributed by atoms with van der Waals surface area (Å²) in [6.07, 6.45) is 4.47. The molecule has 18 heavy (non-hydrogen) atoms. The number of hydrogen-bond acceptors (Lipinski definition) is 4. The van der Waals surface area contributed by atoms with Crippen LogP contribution in [0.2, 0.25) is 5.02 Å². The standard InChI is InChI=1S/C13H17ClN2O2/c14-12-2-1-5-15-13(12)18-9-11-8-16(6-7-17-11)10-3-4-10/h1-2,5,10-11H,3-4,6-9H2/t11-/m0/s1. The quantitative estimate of drug-likeness (QED) is 0.836. The van der Waals surface area contributed by atoms with Crippen LogP contribution in [0.3, 0.4) is 0 Å². The van der Waals surface area contributed by atoms with Gasteiger partial charge in [0, 0.05) is 25.3 Å². The van der Waals surface area contributed by atoms with Gasteiger partial charge in [-0.2, -0.15) is 0 Å². The number of nitrogens with zero attached hydrogens (tertiary/aromatic N) is 2. The van der Waals surface area contributed by atoms with Gasteiger partial charge < -0.3 is 9.47 Å². The molecule has 1 aliphatic carbocycles. The molecule has 2 aliphatic rings. The van der Waals surface area contributed by atoms with Crippen LogP contribution in [-0.2, 0) is 4.74 Å². The molecule has 1 aromatic heterocycles. The van der Waals surface area contributed by atoms with E-state index in [9.17, 15) is 0 Å². The first-order valence-electron chi connectivity index (χ1n) is 6.42. The van der Waals surface area contributed by atoms with Crippen LogP contribution in [0.25, 0.3) is 0 Å². The molecular formula is C13H17ClN2O2. The second kappa shape index (κ2) is 5.43. The van der Waals surface area contributed by atoms with Gasteiger partial charge in [-0.05, 0) is 25.0 Å². The minimum absolute atomic E-state index is 0.123. The predicted molar refractivity (Wildman–Crippen MR) is 69.1 cm³/mol. The molecule has 0 unspecified atom stereocenters. The molecule has 1 saturated heterocycles. The highest BCUT2D eigenvalue weighted by atomic mass is 35.5. The first kappa shape index (κ1) is 12.2. The van der Waals surface area contributed by atoms with Gasteiger partial charge in [0.05, 0.1) is 6.61 Å². The molecule has 1 atom stereocenters. The lowest BCUT2D eigenvalue weighted by Gasteiger charge is -2.32. The summed E-state index contributed by atoms with van der Waals surface area (Å²) in [5.41, 5.74) is 0. The Morgan fingerprint density at radius 3 is 3.17 bits per heavy atom. The third-order valence-corrected chi connectivity index (χ3v) is 3.65. The highest BCUT2D eigenvalue weighted by molar-refractivity contribution is 6.31. The number of ether oxygens (including phenoxy) is 2. The molecule has 0 bridgehead atoms. The molecule has 0 N–H and O–H groups in total. The van der Waals surface area contributed by atoms with E-state index in [4.69, 9.17) is 21.1 Å². The van der Waals surface area contributed by atoms with E-state index in [1.807, 2.05) is 0 Å². The van der Waals surface area contributed by atoms with Crippen LogP contribution in [0.4, 0.5) is 0 Å². The normalized spacial score (nSPS) is 25.1. The smallest absolute Gasteiger partial charge is 0.232 e. The Kier molecular flexibility index (Phi) is 3.68. The number of morpholine rings is 1. The summed E-state index contributed by atoms with van der Waals surface area (Å²) in [6.45, 7) is 3.31.